The van der Waals surface area contributed by atoms with Crippen molar-refractivity contribution < 1.29 is 0 Å². The second-order valence-electron chi connectivity index (χ2n) is 5.88. The molecule has 3 heteroatoms. The zero-order valence-corrected chi connectivity index (χ0v) is 13.4. The largest absolute Gasteiger partial charge is 0.366 e. The van der Waals surface area contributed by atoms with Crippen molar-refractivity contribution in [3.05, 3.63) is 29.8 Å². The van der Waals surface area contributed by atoms with Crippen molar-refractivity contribution >= 4 is 5.69 Å². The van der Waals surface area contributed by atoms with E-state index in [1.807, 2.05) is 0 Å². The van der Waals surface area contributed by atoms with Gasteiger partial charge in [-0.2, -0.15) is 0 Å². The third-order valence-corrected chi connectivity index (χ3v) is 4.31. The number of para-hydroxylation sites is 1. The number of nitrogens with zero attached hydrogens (tertiary/aromatic N) is 2. The molecule has 1 aliphatic heterocycles. The van der Waals surface area contributed by atoms with Crippen LogP contribution in [0.25, 0.3) is 0 Å². The third-order valence-electron chi connectivity index (χ3n) is 4.31. The molecule has 1 saturated heterocycles. The maximum Gasteiger partial charge on any atom is 0.0418 e. The fourth-order valence-corrected chi connectivity index (χ4v) is 3.26. The van der Waals surface area contributed by atoms with Crippen LogP contribution in [-0.2, 0) is 0 Å². The first-order chi connectivity index (χ1) is 9.67. The van der Waals surface area contributed by atoms with Crippen LogP contribution < -0.4 is 10.2 Å². The number of benzene rings is 1. The van der Waals surface area contributed by atoms with Gasteiger partial charge in [-0.3, -0.25) is 0 Å². The van der Waals surface area contributed by atoms with Crippen LogP contribution in [0.1, 0.15) is 38.8 Å². The zero-order chi connectivity index (χ0) is 14.5. The Morgan fingerprint density at radius 2 is 2.00 bits per heavy atom. The van der Waals surface area contributed by atoms with Gasteiger partial charge in [0.15, 0.2) is 0 Å². The van der Waals surface area contributed by atoms with E-state index < -0.39 is 0 Å². The minimum Gasteiger partial charge on any atom is -0.366 e. The van der Waals surface area contributed by atoms with E-state index >= 15 is 0 Å². The molecular weight excluding hydrogens is 246 g/mol. The Kier molecular flexibility index (Phi) is 5.44. The summed E-state index contributed by atoms with van der Waals surface area (Å²) < 4.78 is 0. The zero-order valence-electron chi connectivity index (χ0n) is 13.4. The van der Waals surface area contributed by atoms with E-state index in [0.29, 0.717) is 12.1 Å². The van der Waals surface area contributed by atoms with E-state index in [-0.39, 0.29) is 0 Å². The predicted molar refractivity (Wildman–Crippen MR) is 87.5 cm³/mol. The first-order valence-corrected chi connectivity index (χ1v) is 7.94. The number of likely N-dealkylation sites (N-methyl/N-ethyl adjacent to an activating group) is 1. The monoisotopic (exact) mass is 275 g/mol. The van der Waals surface area contributed by atoms with Crippen molar-refractivity contribution in [2.75, 3.05) is 38.1 Å². The van der Waals surface area contributed by atoms with Crippen molar-refractivity contribution in [1.29, 1.82) is 0 Å². The quantitative estimate of drug-likeness (QED) is 0.891. The molecule has 1 aromatic carbocycles. The predicted octanol–water partition coefficient (Wildman–Crippen LogP) is 2.89. The topological polar surface area (TPSA) is 18.5 Å². The molecule has 1 N–H and O–H groups in total. The fourth-order valence-electron chi connectivity index (χ4n) is 3.26. The van der Waals surface area contributed by atoms with E-state index in [0.717, 1.165) is 32.6 Å². The van der Waals surface area contributed by atoms with Gasteiger partial charge in [0.2, 0.25) is 0 Å². The standard InChI is InChI=1S/C17H29N3/c1-5-16(18-6-2)15-9-7-8-10-17(15)20-12-11-19(4)13-14(20)3/h7-10,14,16,18H,5-6,11-13H2,1-4H3. The molecule has 1 fully saturated rings. The second-order valence-corrected chi connectivity index (χ2v) is 5.88. The second kappa shape index (κ2) is 7.09. The third kappa shape index (κ3) is 3.33. The summed E-state index contributed by atoms with van der Waals surface area (Å²) in [6.45, 7) is 11.2. The van der Waals surface area contributed by atoms with Crippen molar-refractivity contribution in [1.82, 2.24) is 10.2 Å². The van der Waals surface area contributed by atoms with Crippen molar-refractivity contribution in [2.45, 2.75) is 39.3 Å². The summed E-state index contributed by atoms with van der Waals surface area (Å²) in [5.41, 5.74) is 2.87. The van der Waals surface area contributed by atoms with Gasteiger partial charge < -0.3 is 15.1 Å². The highest BCUT2D eigenvalue weighted by atomic mass is 15.3. The van der Waals surface area contributed by atoms with Gasteiger partial charge in [0, 0.05) is 37.4 Å². The lowest BCUT2D eigenvalue weighted by Crippen LogP contribution is -2.51. The van der Waals surface area contributed by atoms with Gasteiger partial charge in [-0.1, -0.05) is 32.0 Å². The van der Waals surface area contributed by atoms with Gasteiger partial charge in [0.25, 0.3) is 0 Å². The smallest absolute Gasteiger partial charge is 0.0418 e. The number of rotatable bonds is 5. The van der Waals surface area contributed by atoms with Gasteiger partial charge in [0.05, 0.1) is 0 Å². The van der Waals surface area contributed by atoms with Crippen LogP contribution >= 0.6 is 0 Å². The van der Waals surface area contributed by atoms with Crippen LogP contribution in [0.5, 0.6) is 0 Å². The molecule has 20 heavy (non-hydrogen) atoms. The lowest BCUT2D eigenvalue weighted by atomic mass is 10.00. The molecule has 2 unspecified atom stereocenters. The molecule has 0 saturated carbocycles. The Balaban J connectivity index is 2.27. The molecule has 1 heterocycles. The fraction of sp³-hybridized carbons (Fsp3) is 0.647. The molecule has 1 aromatic rings. The molecule has 0 aliphatic carbocycles. The van der Waals surface area contributed by atoms with Crippen LogP contribution in [-0.4, -0.2) is 44.2 Å². The molecule has 0 aromatic heterocycles. The Bertz CT molecular complexity index is 418. The highest BCUT2D eigenvalue weighted by Crippen LogP contribution is 2.30. The Morgan fingerprint density at radius 3 is 2.65 bits per heavy atom. The van der Waals surface area contributed by atoms with Gasteiger partial charge in [-0.15, -0.1) is 0 Å². The van der Waals surface area contributed by atoms with Gasteiger partial charge in [-0.05, 0) is 38.6 Å². The lowest BCUT2D eigenvalue weighted by molar-refractivity contribution is 0.275. The Hall–Kier alpha value is -1.06. The summed E-state index contributed by atoms with van der Waals surface area (Å²) in [6, 6.07) is 9.95. The maximum atomic E-state index is 3.61. The maximum absolute atomic E-state index is 3.61. The van der Waals surface area contributed by atoms with Gasteiger partial charge in [0.1, 0.15) is 0 Å². The lowest BCUT2D eigenvalue weighted by Gasteiger charge is -2.41. The normalized spacial score (nSPS) is 22.0. The van der Waals surface area contributed by atoms with Gasteiger partial charge in [-0.25, -0.2) is 0 Å². The molecular formula is C17H29N3. The number of hydrogen-bond donors (Lipinski definition) is 1. The molecule has 2 atom stereocenters. The molecule has 0 spiro atoms. The highest BCUT2D eigenvalue weighted by molar-refractivity contribution is 5.56. The molecule has 0 bridgehead atoms. The summed E-state index contributed by atoms with van der Waals surface area (Å²) in [6.07, 6.45) is 1.13. The average molecular weight is 275 g/mol. The number of piperazine rings is 1. The first-order valence-electron chi connectivity index (χ1n) is 7.94. The first kappa shape index (κ1) is 15.3. The van der Waals surface area contributed by atoms with Crippen LogP contribution in [0, 0.1) is 0 Å². The summed E-state index contributed by atoms with van der Waals surface area (Å²) in [5, 5.41) is 3.61. The molecule has 1 aliphatic rings. The van der Waals surface area contributed by atoms with E-state index in [9.17, 15) is 0 Å². The van der Waals surface area contributed by atoms with Crippen LogP contribution in [0.4, 0.5) is 5.69 Å². The summed E-state index contributed by atoms with van der Waals surface area (Å²) in [7, 11) is 2.22. The Morgan fingerprint density at radius 1 is 1.25 bits per heavy atom. The molecule has 0 amide bonds. The SMILES string of the molecule is CCNC(CC)c1ccccc1N1CCN(C)CC1C. The van der Waals surface area contributed by atoms with E-state index in [1.165, 1.54) is 11.3 Å². The van der Waals surface area contributed by atoms with Crippen LogP contribution in [0.15, 0.2) is 24.3 Å². The molecule has 112 valence electrons. The molecule has 0 radical (unpaired) electrons. The van der Waals surface area contributed by atoms with Crippen molar-refractivity contribution in [3.63, 3.8) is 0 Å². The highest BCUT2D eigenvalue weighted by Gasteiger charge is 2.24. The summed E-state index contributed by atoms with van der Waals surface area (Å²) >= 11 is 0. The van der Waals surface area contributed by atoms with Crippen LogP contribution in [0.2, 0.25) is 0 Å². The molecule has 3 nitrogen and oxygen atoms in total. The Labute approximate surface area is 124 Å². The minimum atomic E-state index is 0.461. The van der Waals surface area contributed by atoms with E-state index in [4.69, 9.17) is 0 Å². The number of nitrogens with one attached hydrogen (secondary N) is 1. The minimum absolute atomic E-state index is 0.461. The van der Waals surface area contributed by atoms with Crippen molar-refractivity contribution in [3.8, 4) is 0 Å². The van der Waals surface area contributed by atoms with Gasteiger partial charge >= 0.3 is 0 Å². The summed E-state index contributed by atoms with van der Waals surface area (Å²) in [5.74, 6) is 0. The van der Waals surface area contributed by atoms with E-state index in [2.05, 4.69) is 67.2 Å². The molecule has 2 rings (SSSR count). The number of hydrogen-bond acceptors (Lipinski definition) is 3. The van der Waals surface area contributed by atoms with E-state index in [1.54, 1.807) is 0 Å². The summed E-state index contributed by atoms with van der Waals surface area (Å²) in [4.78, 5) is 5.00. The average Bonchev–Trinajstić information content (AvgIpc) is 2.45. The van der Waals surface area contributed by atoms with Crippen molar-refractivity contribution in [2.24, 2.45) is 0 Å². The van der Waals surface area contributed by atoms with Crippen LogP contribution in [0.3, 0.4) is 0 Å². The number of anilines is 1.